The first-order valence-electron chi connectivity index (χ1n) is 12.3. The summed E-state index contributed by atoms with van der Waals surface area (Å²) >= 11 is 0. The Morgan fingerprint density at radius 1 is 1.09 bits per heavy atom. The Labute approximate surface area is 206 Å². The van der Waals surface area contributed by atoms with Crippen LogP contribution in [0.2, 0.25) is 0 Å². The number of piperidine rings is 1. The number of hydrogen-bond donors (Lipinski definition) is 2. The molecule has 2 heterocycles. The number of benzene rings is 2. The van der Waals surface area contributed by atoms with Gasteiger partial charge in [0, 0.05) is 25.3 Å². The van der Waals surface area contributed by atoms with Crippen molar-refractivity contribution in [2.24, 2.45) is 5.92 Å². The Kier molecular flexibility index (Phi) is 7.48. The number of para-hydroxylation sites is 1. The number of urea groups is 1. The number of likely N-dealkylation sites (tertiary alicyclic amines) is 1. The van der Waals surface area contributed by atoms with Gasteiger partial charge >= 0.3 is 6.03 Å². The maximum absolute atomic E-state index is 13.3. The van der Waals surface area contributed by atoms with E-state index in [2.05, 4.69) is 40.6 Å². The molecule has 8 nitrogen and oxygen atoms in total. The monoisotopic (exact) mass is 474 g/mol. The first kappa shape index (κ1) is 24.4. The molecule has 0 radical (unpaired) electrons. The Bertz CT molecular complexity index is 1180. The van der Waals surface area contributed by atoms with Crippen LogP contribution in [0.4, 0.5) is 10.5 Å². The molecule has 3 amide bonds. The van der Waals surface area contributed by atoms with Crippen LogP contribution in [0.3, 0.4) is 0 Å². The molecular formula is C27H34N6O2. The molecule has 4 rings (SSSR count). The second-order valence-corrected chi connectivity index (χ2v) is 9.57. The molecular weight excluding hydrogens is 440 g/mol. The van der Waals surface area contributed by atoms with Gasteiger partial charge in [0.15, 0.2) is 0 Å². The highest BCUT2D eigenvalue weighted by atomic mass is 16.2. The molecule has 8 heteroatoms. The van der Waals surface area contributed by atoms with Crippen molar-refractivity contribution in [1.82, 2.24) is 25.0 Å². The molecule has 184 valence electrons. The summed E-state index contributed by atoms with van der Waals surface area (Å²) in [4.78, 5) is 31.9. The van der Waals surface area contributed by atoms with Gasteiger partial charge in [-0.3, -0.25) is 4.79 Å². The van der Waals surface area contributed by atoms with Gasteiger partial charge in [-0.15, -0.1) is 5.10 Å². The van der Waals surface area contributed by atoms with Crippen LogP contribution in [-0.4, -0.2) is 51.2 Å². The SMILES string of the molecule is Cc1ccc(NC(=O)NCC2CCCN(C(=O)c3nc(C)n(-c4ccccc4C(C)C)n3)C2)cc1. The Balaban J connectivity index is 1.38. The second-order valence-electron chi connectivity index (χ2n) is 9.57. The molecule has 1 aliphatic rings. The summed E-state index contributed by atoms with van der Waals surface area (Å²) in [6.45, 7) is 9.90. The van der Waals surface area contributed by atoms with E-state index in [0.29, 0.717) is 31.4 Å². The number of nitrogens with one attached hydrogen (secondary N) is 2. The zero-order valence-electron chi connectivity index (χ0n) is 20.9. The molecule has 0 spiro atoms. The summed E-state index contributed by atoms with van der Waals surface area (Å²) in [6.07, 6.45) is 1.84. The van der Waals surface area contributed by atoms with Crippen molar-refractivity contribution < 1.29 is 9.59 Å². The van der Waals surface area contributed by atoms with E-state index in [-0.39, 0.29) is 23.7 Å². The third-order valence-electron chi connectivity index (χ3n) is 6.41. The number of rotatable bonds is 6. The zero-order chi connectivity index (χ0) is 24.9. The Morgan fingerprint density at radius 2 is 1.83 bits per heavy atom. The number of nitrogens with zero attached hydrogens (tertiary/aromatic N) is 4. The van der Waals surface area contributed by atoms with E-state index in [1.807, 2.05) is 56.3 Å². The molecule has 1 fully saturated rings. The largest absolute Gasteiger partial charge is 0.338 e. The fourth-order valence-electron chi connectivity index (χ4n) is 4.48. The molecule has 3 aromatic rings. The molecule has 35 heavy (non-hydrogen) atoms. The number of amides is 3. The minimum Gasteiger partial charge on any atom is -0.338 e. The van der Waals surface area contributed by atoms with Gasteiger partial charge < -0.3 is 15.5 Å². The lowest BCUT2D eigenvalue weighted by Crippen LogP contribution is -2.44. The van der Waals surface area contributed by atoms with Crippen LogP contribution >= 0.6 is 0 Å². The van der Waals surface area contributed by atoms with Gasteiger partial charge in [-0.25, -0.2) is 14.5 Å². The van der Waals surface area contributed by atoms with E-state index in [9.17, 15) is 9.59 Å². The molecule has 2 aromatic carbocycles. The van der Waals surface area contributed by atoms with Crippen LogP contribution in [0, 0.1) is 19.8 Å². The van der Waals surface area contributed by atoms with E-state index in [1.165, 1.54) is 0 Å². The highest BCUT2D eigenvalue weighted by Crippen LogP contribution is 2.24. The topological polar surface area (TPSA) is 92.2 Å². The normalized spacial score (nSPS) is 15.8. The summed E-state index contributed by atoms with van der Waals surface area (Å²) in [5.74, 6) is 1.24. The lowest BCUT2D eigenvalue weighted by atomic mass is 9.98. The maximum Gasteiger partial charge on any atom is 0.319 e. The molecule has 2 N–H and O–H groups in total. The summed E-state index contributed by atoms with van der Waals surface area (Å²) in [7, 11) is 0. The van der Waals surface area contributed by atoms with E-state index in [4.69, 9.17) is 0 Å². The van der Waals surface area contributed by atoms with E-state index in [1.54, 1.807) is 9.58 Å². The van der Waals surface area contributed by atoms with Crippen LogP contribution < -0.4 is 10.6 Å². The van der Waals surface area contributed by atoms with Crippen molar-refractivity contribution >= 4 is 17.6 Å². The van der Waals surface area contributed by atoms with Gasteiger partial charge in [0.2, 0.25) is 5.82 Å². The Morgan fingerprint density at radius 3 is 2.57 bits per heavy atom. The number of aromatic nitrogens is 3. The second kappa shape index (κ2) is 10.7. The van der Waals surface area contributed by atoms with Crippen molar-refractivity contribution in [2.75, 3.05) is 25.0 Å². The standard InChI is InChI=1S/C27H34N6O2/c1-18(2)23-9-5-6-10-24(23)33-20(4)29-25(31-33)26(34)32-15-7-8-21(17-32)16-28-27(35)30-22-13-11-19(3)12-14-22/h5-6,9-14,18,21H,7-8,15-17H2,1-4H3,(H2,28,30,35). The molecule has 1 aliphatic heterocycles. The summed E-state index contributed by atoms with van der Waals surface area (Å²) in [5, 5.41) is 10.4. The first-order valence-corrected chi connectivity index (χ1v) is 12.3. The van der Waals surface area contributed by atoms with E-state index >= 15 is 0 Å². The van der Waals surface area contributed by atoms with Gasteiger partial charge in [-0.1, -0.05) is 49.7 Å². The van der Waals surface area contributed by atoms with Crippen LogP contribution in [-0.2, 0) is 0 Å². The number of anilines is 1. The van der Waals surface area contributed by atoms with Crippen LogP contribution in [0.15, 0.2) is 48.5 Å². The number of hydrogen-bond acceptors (Lipinski definition) is 4. The third kappa shape index (κ3) is 5.88. The van der Waals surface area contributed by atoms with Crippen LogP contribution in [0.25, 0.3) is 5.69 Å². The number of aryl methyl sites for hydroxylation is 2. The lowest BCUT2D eigenvalue weighted by molar-refractivity contribution is 0.0662. The number of carbonyl (C=O) groups excluding carboxylic acids is 2. The van der Waals surface area contributed by atoms with Gasteiger partial charge in [0.05, 0.1) is 5.69 Å². The fraction of sp³-hybridized carbons (Fsp3) is 0.407. The molecule has 1 unspecified atom stereocenters. The number of carbonyl (C=O) groups is 2. The van der Waals surface area contributed by atoms with Gasteiger partial charge in [0.1, 0.15) is 5.82 Å². The van der Waals surface area contributed by atoms with Gasteiger partial charge in [0.25, 0.3) is 5.91 Å². The van der Waals surface area contributed by atoms with Gasteiger partial charge in [-0.2, -0.15) is 0 Å². The smallest absolute Gasteiger partial charge is 0.319 e. The van der Waals surface area contributed by atoms with Gasteiger partial charge in [-0.05, 0) is 62.3 Å². The summed E-state index contributed by atoms with van der Waals surface area (Å²) in [6, 6.07) is 15.5. The van der Waals surface area contributed by atoms with Crippen molar-refractivity contribution in [3.63, 3.8) is 0 Å². The van der Waals surface area contributed by atoms with Crippen molar-refractivity contribution in [3.05, 3.63) is 71.3 Å². The minimum absolute atomic E-state index is 0.164. The fourth-order valence-corrected chi connectivity index (χ4v) is 4.48. The predicted molar refractivity (Wildman–Crippen MR) is 137 cm³/mol. The highest BCUT2D eigenvalue weighted by molar-refractivity contribution is 5.91. The Hall–Kier alpha value is -3.68. The summed E-state index contributed by atoms with van der Waals surface area (Å²) in [5.41, 5.74) is 4.01. The average molecular weight is 475 g/mol. The van der Waals surface area contributed by atoms with E-state index in [0.717, 1.165) is 35.3 Å². The predicted octanol–water partition coefficient (Wildman–Crippen LogP) is 4.68. The van der Waals surface area contributed by atoms with Crippen molar-refractivity contribution in [2.45, 2.75) is 46.5 Å². The average Bonchev–Trinajstić information content (AvgIpc) is 3.25. The van der Waals surface area contributed by atoms with Crippen molar-refractivity contribution in [1.29, 1.82) is 0 Å². The molecule has 0 saturated carbocycles. The third-order valence-corrected chi connectivity index (χ3v) is 6.41. The van der Waals surface area contributed by atoms with Crippen molar-refractivity contribution in [3.8, 4) is 5.69 Å². The molecule has 1 aromatic heterocycles. The quantitative estimate of drug-likeness (QED) is 0.543. The summed E-state index contributed by atoms with van der Waals surface area (Å²) < 4.78 is 1.76. The molecule has 0 bridgehead atoms. The van der Waals surface area contributed by atoms with Crippen LogP contribution in [0.1, 0.15) is 60.2 Å². The lowest BCUT2D eigenvalue weighted by Gasteiger charge is -2.32. The first-order chi connectivity index (χ1) is 16.8. The maximum atomic E-state index is 13.3. The minimum atomic E-state index is -0.239. The molecule has 1 atom stereocenters. The molecule has 0 aliphatic carbocycles. The van der Waals surface area contributed by atoms with E-state index < -0.39 is 0 Å². The molecule has 1 saturated heterocycles. The van der Waals surface area contributed by atoms with Crippen LogP contribution in [0.5, 0.6) is 0 Å². The highest BCUT2D eigenvalue weighted by Gasteiger charge is 2.28. The zero-order valence-corrected chi connectivity index (χ0v) is 20.9.